The smallest absolute Gasteiger partial charge is 0.317 e. The van der Waals surface area contributed by atoms with Crippen LogP contribution in [0, 0.1) is 23.2 Å². The molecule has 3 unspecified atom stereocenters. The summed E-state index contributed by atoms with van der Waals surface area (Å²) in [4.78, 5) is 25.1. The molecule has 0 bridgehead atoms. The minimum atomic E-state index is -0.795. The van der Waals surface area contributed by atoms with Crippen LogP contribution >= 0.6 is 0 Å². The number of nitrogens with one attached hydrogen (secondary N) is 1. The minimum absolute atomic E-state index is 0.101. The molecule has 2 fully saturated rings. The van der Waals surface area contributed by atoms with Gasteiger partial charge in [-0.2, -0.15) is 0 Å². The van der Waals surface area contributed by atoms with E-state index in [-0.39, 0.29) is 11.9 Å². The molecule has 1 heterocycles. The number of aliphatic carboxylic acids is 1. The lowest BCUT2D eigenvalue weighted by molar-refractivity contribution is -0.143. The molecule has 3 atom stereocenters. The standard InChI is InChI=1S/C16H28N2O3/c1-11-7-12(14(19)20)10-18(9-11)15(21)17-8-13-5-4-6-16(13,2)3/h11-13H,4-10H2,1-3H3,(H,17,21)(H,19,20). The van der Waals surface area contributed by atoms with Gasteiger partial charge in [0.25, 0.3) is 0 Å². The van der Waals surface area contributed by atoms with Crippen LogP contribution in [0.4, 0.5) is 4.79 Å². The van der Waals surface area contributed by atoms with Gasteiger partial charge in [0.15, 0.2) is 0 Å². The number of carboxylic acids is 1. The Hall–Kier alpha value is -1.26. The predicted molar refractivity (Wildman–Crippen MR) is 81.0 cm³/mol. The maximum Gasteiger partial charge on any atom is 0.317 e. The molecular weight excluding hydrogens is 268 g/mol. The van der Waals surface area contributed by atoms with Crippen LogP contribution in [0.15, 0.2) is 0 Å². The Labute approximate surface area is 127 Å². The summed E-state index contributed by atoms with van der Waals surface area (Å²) in [5, 5.41) is 12.2. The van der Waals surface area contributed by atoms with Crippen molar-refractivity contribution in [2.75, 3.05) is 19.6 Å². The van der Waals surface area contributed by atoms with Gasteiger partial charge < -0.3 is 15.3 Å². The molecule has 120 valence electrons. The van der Waals surface area contributed by atoms with Crippen LogP contribution in [-0.2, 0) is 4.79 Å². The highest BCUT2D eigenvalue weighted by molar-refractivity contribution is 5.76. The van der Waals surface area contributed by atoms with Gasteiger partial charge in [-0.25, -0.2) is 4.79 Å². The van der Waals surface area contributed by atoms with Crippen molar-refractivity contribution >= 4 is 12.0 Å². The molecule has 5 heteroatoms. The van der Waals surface area contributed by atoms with Crippen molar-refractivity contribution in [3.05, 3.63) is 0 Å². The van der Waals surface area contributed by atoms with E-state index in [4.69, 9.17) is 5.11 Å². The van der Waals surface area contributed by atoms with Crippen LogP contribution in [-0.4, -0.2) is 41.6 Å². The van der Waals surface area contributed by atoms with Crippen molar-refractivity contribution in [1.82, 2.24) is 10.2 Å². The van der Waals surface area contributed by atoms with E-state index in [9.17, 15) is 9.59 Å². The molecule has 21 heavy (non-hydrogen) atoms. The topological polar surface area (TPSA) is 69.6 Å². The molecule has 1 saturated heterocycles. The molecule has 5 nitrogen and oxygen atoms in total. The number of nitrogens with zero attached hydrogens (tertiary/aromatic N) is 1. The van der Waals surface area contributed by atoms with Gasteiger partial charge >= 0.3 is 12.0 Å². The summed E-state index contributed by atoms with van der Waals surface area (Å²) in [5.74, 6) is -0.453. The monoisotopic (exact) mass is 296 g/mol. The Balaban J connectivity index is 1.86. The van der Waals surface area contributed by atoms with Crippen LogP contribution in [0.5, 0.6) is 0 Å². The van der Waals surface area contributed by atoms with E-state index in [0.29, 0.717) is 37.4 Å². The Morgan fingerprint density at radius 3 is 2.62 bits per heavy atom. The van der Waals surface area contributed by atoms with Crippen LogP contribution < -0.4 is 5.32 Å². The van der Waals surface area contributed by atoms with Gasteiger partial charge in [0.1, 0.15) is 0 Å². The van der Waals surface area contributed by atoms with Crippen LogP contribution in [0.25, 0.3) is 0 Å². The Morgan fingerprint density at radius 2 is 2.05 bits per heavy atom. The summed E-state index contributed by atoms with van der Waals surface area (Å²) < 4.78 is 0. The van der Waals surface area contributed by atoms with E-state index < -0.39 is 11.9 Å². The summed E-state index contributed by atoms with van der Waals surface area (Å²) in [6.07, 6.45) is 4.28. The highest BCUT2D eigenvalue weighted by Gasteiger charge is 2.36. The molecule has 2 N–H and O–H groups in total. The van der Waals surface area contributed by atoms with E-state index in [1.54, 1.807) is 4.90 Å². The maximum absolute atomic E-state index is 12.3. The molecule has 1 saturated carbocycles. The second kappa shape index (κ2) is 6.24. The molecule has 1 aliphatic heterocycles. The largest absolute Gasteiger partial charge is 0.481 e. The van der Waals surface area contributed by atoms with Gasteiger partial charge in [-0.3, -0.25) is 4.79 Å². The van der Waals surface area contributed by atoms with Crippen LogP contribution in [0.2, 0.25) is 0 Å². The molecule has 0 aromatic rings. The first kappa shape index (κ1) is 16.1. The Morgan fingerprint density at radius 1 is 1.33 bits per heavy atom. The second-order valence-electron chi connectivity index (χ2n) is 7.54. The zero-order valence-corrected chi connectivity index (χ0v) is 13.4. The Kier molecular flexibility index (Phi) is 4.79. The first-order valence-corrected chi connectivity index (χ1v) is 8.05. The number of likely N-dealkylation sites (tertiary alicyclic amines) is 1. The summed E-state index contributed by atoms with van der Waals surface area (Å²) in [6.45, 7) is 8.23. The number of rotatable bonds is 3. The van der Waals surface area contributed by atoms with Crippen molar-refractivity contribution in [1.29, 1.82) is 0 Å². The van der Waals surface area contributed by atoms with E-state index in [0.717, 1.165) is 0 Å². The van der Waals surface area contributed by atoms with Crippen molar-refractivity contribution in [3.63, 3.8) is 0 Å². The van der Waals surface area contributed by atoms with E-state index in [1.165, 1.54) is 19.3 Å². The third-order valence-electron chi connectivity index (χ3n) is 5.27. The fraction of sp³-hybridized carbons (Fsp3) is 0.875. The SMILES string of the molecule is CC1CC(C(=O)O)CN(C(=O)NCC2CCCC2(C)C)C1. The number of carbonyl (C=O) groups is 2. The Bertz CT molecular complexity index is 408. The maximum atomic E-state index is 12.3. The molecule has 0 aromatic carbocycles. The number of amides is 2. The molecule has 2 amide bonds. The number of carboxylic acid groups (broad SMARTS) is 1. The number of carbonyl (C=O) groups excluding carboxylic acids is 1. The molecule has 0 spiro atoms. The fourth-order valence-corrected chi connectivity index (χ4v) is 3.80. The fourth-order valence-electron chi connectivity index (χ4n) is 3.80. The molecule has 0 radical (unpaired) electrons. The third-order valence-corrected chi connectivity index (χ3v) is 5.27. The van der Waals surface area contributed by atoms with Gasteiger partial charge in [0.2, 0.25) is 0 Å². The van der Waals surface area contributed by atoms with Crippen molar-refractivity contribution < 1.29 is 14.7 Å². The molecule has 2 aliphatic rings. The van der Waals surface area contributed by atoms with E-state index in [1.807, 2.05) is 6.92 Å². The van der Waals surface area contributed by atoms with Crippen LogP contribution in [0.1, 0.15) is 46.5 Å². The highest BCUT2D eigenvalue weighted by Crippen LogP contribution is 2.42. The predicted octanol–water partition coefficient (Wildman–Crippen LogP) is 2.56. The van der Waals surface area contributed by atoms with Crippen molar-refractivity contribution in [2.24, 2.45) is 23.2 Å². The van der Waals surface area contributed by atoms with Gasteiger partial charge in [-0.05, 0) is 36.5 Å². The third kappa shape index (κ3) is 3.89. The van der Waals surface area contributed by atoms with Crippen LogP contribution in [0.3, 0.4) is 0 Å². The second-order valence-corrected chi connectivity index (χ2v) is 7.54. The van der Waals surface area contributed by atoms with E-state index >= 15 is 0 Å². The average molecular weight is 296 g/mol. The summed E-state index contributed by atoms with van der Waals surface area (Å²) in [6, 6.07) is -0.101. The first-order chi connectivity index (χ1) is 9.79. The zero-order chi connectivity index (χ0) is 15.6. The van der Waals surface area contributed by atoms with Gasteiger partial charge in [-0.15, -0.1) is 0 Å². The number of urea groups is 1. The summed E-state index contributed by atoms with van der Waals surface area (Å²) in [5.41, 5.74) is 0.298. The van der Waals surface area contributed by atoms with E-state index in [2.05, 4.69) is 19.2 Å². The minimum Gasteiger partial charge on any atom is -0.481 e. The molecule has 0 aromatic heterocycles. The molecule has 1 aliphatic carbocycles. The summed E-state index contributed by atoms with van der Waals surface area (Å²) >= 11 is 0. The van der Waals surface area contributed by atoms with Crippen molar-refractivity contribution in [2.45, 2.75) is 46.5 Å². The first-order valence-electron chi connectivity index (χ1n) is 8.05. The lowest BCUT2D eigenvalue weighted by atomic mass is 9.82. The molecular formula is C16H28N2O3. The van der Waals surface area contributed by atoms with Gasteiger partial charge in [-0.1, -0.05) is 27.2 Å². The summed E-state index contributed by atoms with van der Waals surface area (Å²) in [7, 11) is 0. The number of hydrogen-bond donors (Lipinski definition) is 2. The zero-order valence-electron chi connectivity index (χ0n) is 13.4. The normalized spacial score (nSPS) is 32.0. The number of hydrogen-bond acceptors (Lipinski definition) is 2. The lowest BCUT2D eigenvalue weighted by Gasteiger charge is -2.35. The molecule has 2 rings (SSSR count). The number of piperidine rings is 1. The highest BCUT2D eigenvalue weighted by atomic mass is 16.4. The lowest BCUT2D eigenvalue weighted by Crippen LogP contribution is -2.50. The average Bonchev–Trinajstić information content (AvgIpc) is 2.74. The van der Waals surface area contributed by atoms with Crippen molar-refractivity contribution in [3.8, 4) is 0 Å². The van der Waals surface area contributed by atoms with Gasteiger partial charge in [0.05, 0.1) is 5.92 Å². The quantitative estimate of drug-likeness (QED) is 0.841. The van der Waals surface area contributed by atoms with Gasteiger partial charge in [0, 0.05) is 19.6 Å².